The maximum Gasteiger partial charge on any atom is -0.0169 e. The summed E-state index contributed by atoms with van der Waals surface area (Å²) in [6.45, 7) is 6.06. The molecule has 0 atom stereocenters. The zero-order valence-corrected chi connectivity index (χ0v) is 10.4. The Balaban J connectivity index is 3.10. The summed E-state index contributed by atoms with van der Waals surface area (Å²) in [6, 6.07) is 0. The van der Waals surface area contributed by atoms with Crippen LogP contribution in [0.4, 0.5) is 0 Å². The molecule has 0 heterocycles. The first kappa shape index (κ1) is 14.5. The Hall–Kier alpha value is -0.520. The van der Waals surface area contributed by atoms with Crippen LogP contribution in [-0.2, 0) is 0 Å². The van der Waals surface area contributed by atoms with Gasteiger partial charge in [0.15, 0.2) is 0 Å². The summed E-state index contributed by atoms with van der Waals surface area (Å²) in [4.78, 5) is 0. The molecule has 1 radical (unpaired) electrons. The SMILES string of the molecule is [CH2]CCCCCCC=CC/C=C\CCC. The third kappa shape index (κ3) is 13.5. The Kier molecular flexibility index (Phi) is 13.0. The Morgan fingerprint density at radius 2 is 1.47 bits per heavy atom. The van der Waals surface area contributed by atoms with Gasteiger partial charge in [-0.1, -0.05) is 70.3 Å². The van der Waals surface area contributed by atoms with E-state index in [1.54, 1.807) is 0 Å². The van der Waals surface area contributed by atoms with E-state index in [0.29, 0.717) is 0 Å². The number of unbranched alkanes of at least 4 members (excludes halogenated alkanes) is 6. The minimum atomic E-state index is 1.10. The van der Waals surface area contributed by atoms with Crippen molar-refractivity contribution in [1.29, 1.82) is 0 Å². The molecule has 0 unspecified atom stereocenters. The van der Waals surface area contributed by atoms with E-state index in [4.69, 9.17) is 0 Å². The first-order valence-electron chi connectivity index (χ1n) is 6.51. The third-order valence-electron chi connectivity index (χ3n) is 2.43. The van der Waals surface area contributed by atoms with Crippen LogP contribution in [0.3, 0.4) is 0 Å². The first-order valence-corrected chi connectivity index (χ1v) is 6.51. The predicted molar refractivity (Wildman–Crippen MR) is 70.9 cm³/mol. The number of hydrogen-bond acceptors (Lipinski definition) is 0. The van der Waals surface area contributed by atoms with Crippen LogP contribution in [0, 0.1) is 6.92 Å². The molecule has 0 spiro atoms. The lowest BCUT2D eigenvalue weighted by Gasteiger charge is -1.95. The molecule has 0 saturated carbocycles. The Morgan fingerprint density at radius 1 is 0.800 bits per heavy atom. The summed E-state index contributed by atoms with van der Waals surface area (Å²) < 4.78 is 0. The van der Waals surface area contributed by atoms with Gasteiger partial charge in [-0.25, -0.2) is 0 Å². The standard InChI is InChI=1S/C15H27/c1-3-5-7-9-11-13-15-14-12-10-8-6-4-2/h8,10,14-15H,1,3-7,9,11-13H2,2H3/b10-8-,15-14?. The molecule has 0 aromatic rings. The number of rotatable bonds is 10. The smallest absolute Gasteiger partial charge is 0.0169 e. The fourth-order valence-electron chi connectivity index (χ4n) is 1.47. The summed E-state index contributed by atoms with van der Waals surface area (Å²) in [5.41, 5.74) is 0. The maximum atomic E-state index is 3.85. The molecule has 0 fully saturated rings. The van der Waals surface area contributed by atoms with Crippen molar-refractivity contribution in [2.24, 2.45) is 0 Å². The predicted octanol–water partition coefficient (Wildman–Crippen LogP) is 5.46. The van der Waals surface area contributed by atoms with Crippen LogP contribution in [0.1, 0.15) is 64.7 Å². The second-order valence-corrected chi connectivity index (χ2v) is 4.02. The van der Waals surface area contributed by atoms with Crippen LogP contribution in [0.25, 0.3) is 0 Å². The van der Waals surface area contributed by atoms with Crippen LogP contribution >= 0.6 is 0 Å². The van der Waals surface area contributed by atoms with Gasteiger partial charge in [0.1, 0.15) is 0 Å². The lowest BCUT2D eigenvalue weighted by molar-refractivity contribution is 0.651. The fourth-order valence-corrected chi connectivity index (χ4v) is 1.47. The molecule has 15 heavy (non-hydrogen) atoms. The van der Waals surface area contributed by atoms with Gasteiger partial charge in [-0.15, -0.1) is 0 Å². The van der Waals surface area contributed by atoms with Gasteiger partial charge in [-0.2, -0.15) is 0 Å². The van der Waals surface area contributed by atoms with E-state index in [0.717, 1.165) is 12.8 Å². The van der Waals surface area contributed by atoms with E-state index in [1.807, 2.05) is 0 Å². The molecular formula is C15H27. The highest BCUT2D eigenvalue weighted by Gasteiger charge is 1.85. The summed E-state index contributed by atoms with van der Waals surface area (Å²) in [5, 5.41) is 0. The Morgan fingerprint density at radius 3 is 2.13 bits per heavy atom. The van der Waals surface area contributed by atoms with Gasteiger partial charge in [0.25, 0.3) is 0 Å². The van der Waals surface area contributed by atoms with Gasteiger partial charge in [-0.05, 0) is 25.7 Å². The van der Waals surface area contributed by atoms with Gasteiger partial charge < -0.3 is 0 Å². The summed E-state index contributed by atoms with van der Waals surface area (Å²) >= 11 is 0. The summed E-state index contributed by atoms with van der Waals surface area (Å²) in [6.07, 6.45) is 20.4. The molecule has 0 nitrogen and oxygen atoms in total. The van der Waals surface area contributed by atoms with Gasteiger partial charge in [0.2, 0.25) is 0 Å². The van der Waals surface area contributed by atoms with E-state index >= 15 is 0 Å². The van der Waals surface area contributed by atoms with Crippen molar-refractivity contribution >= 4 is 0 Å². The second kappa shape index (κ2) is 13.5. The summed E-state index contributed by atoms with van der Waals surface area (Å²) in [5.74, 6) is 0. The van der Waals surface area contributed by atoms with E-state index in [2.05, 4.69) is 38.2 Å². The van der Waals surface area contributed by atoms with Gasteiger partial charge >= 0.3 is 0 Å². The van der Waals surface area contributed by atoms with Gasteiger partial charge in [0, 0.05) is 0 Å². The molecule has 0 aromatic heterocycles. The highest BCUT2D eigenvalue weighted by molar-refractivity contribution is 4.92. The molecule has 0 heteroatoms. The normalized spacial score (nSPS) is 11.9. The average molecular weight is 207 g/mol. The average Bonchev–Trinajstić information content (AvgIpc) is 2.26. The second-order valence-electron chi connectivity index (χ2n) is 4.02. The van der Waals surface area contributed by atoms with E-state index in [1.165, 1.54) is 44.9 Å². The Bertz CT molecular complexity index is 153. The molecule has 0 aliphatic carbocycles. The Labute approximate surface area is 96.5 Å². The van der Waals surface area contributed by atoms with Crippen molar-refractivity contribution in [2.75, 3.05) is 0 Å². The molecule has 0 aliphatic heterocycles. The van der Waals surface area contributed by atoms with Crippen molar-refractivity contribution in [3.05, 3.63) is 31.2 Å². The highest BCUT2D eigenvalue weighted by atomic mass is 13.9. The molecule has 0 saturated heterocycles. The third-order valence-corrected chi connectivity index (χ3v) is 2.43. The van der Waals surface area contributed by atoms with Crippen molar-refractivity contribution in [2.45, 2.75) is 64.7 Å². The zero-order valence-electron chi connectivity index (χ0n) is 10.4. The van der Waals surface area contributed by atoms with E-state index in [-0.39, 0.29) is 0 Å². The van der Waals surface area contributed by atoms with E-state index in [9.17, 15) is 0 Å². The zero-order chi connectivity index (χ0) is 11.2. The molecule has 0 aliphatic rings. The largest absolute Gasteiger partial charge is 0.0882 e. The van der Waals surface area contributed by atoms with Crippen molar-refractivity contribution < 1.29 is 0 Å². The van der Waals surface area contributed by atoms with Crippen LogP contribution < -0.4 is 0 Å². The van der Waals surface area contributed by atoms with E-state index < -0.39 is 0 Å². The minimum absolute atomic E-state index is 1.10. The van der Waals surface area contributed by atoms with Crippen molar-refractivity contribution in [3.8, 4) is 0 Å². The molecule has 0 amide bonds. The molecule has 0 aromatic carbocycles. The summed E-state index contributed by atoms with van der Waals surface area (Å²) in [7, 11) is 0. The van der Waals surface area contributed by atoms with Crippen LogP contribution in [0.5, 0.6) is 0 Å². The molecule has 0 rings (SSSR count). The monoisotopic (exact) mass is 207 g/mol. The van der Waals surface area contributed by atoms with Crippen LogP contribution in [0.2, 0.25) is 0 Å². The number of allylic oxidation sites excluding steroid dienone is 4. The maximum absolute atomic E-state index is 3.85. The lowest BCUT2D eigenvalue weighted by atomic mass is 10.1. The fraction of sp³-hybridized carbons (Fsp3) is 0.667. The highest BCUT2D eigenvalue weighted by Crippen LogP contribution is 2.05. The lowest BCUT2D eigenvalue weighted by Crippen LogP contribution is -1.75. The minimum Gasteiger partial charge on any atom is -0.0882 e. The van der Waals surface area contributed by atoms with Crippen molar-refractivity contribution in [3.63, 3.8) is 0 Å². The van der Waals surface area contributed by atoms with Crippen LogP contribution in [0.15, 0.2) is 24.3 Å². The number of hydrogen-bond donors (Lipinski definition) is 0. The molecular weight excluding hydrogens is 180 g/mol. The molecule has 87 valence electrons. The topological polar surface area (TPSA) is 0 Å². The van der Waals surface area contributed by atoms with Crippen molar-refractivity contribution in [1.82, 2.24) is 0 Å². The first-order chi connectivity index (χ1) is 7.41. The van der Waals surface area contributed by atoms with Gasteiger partial charge in [0.05, 0.1) is 0 Å². The molecule has 0 bridgehead atoms. The molecule has 0 N–H and O–H groups in total. The quantitative estimate of drug-likeness (QED) is 0.329. The van der Waals surface area contributed by atoms with Crippen LogP contribution in [-0.4, -0.2) is 0 Å². The van der Waals surface area contributed by atoms with Gasteiger partial charge in [-0.3, -0.25) is 0 Å².